The third kappa shape index (κ3) is 7.02. The lowest BCUT2D eigenvalue weighted by Crippen LogP contribution is -2.51. The van der Waals surface area contributed by atoms with Crippen LogP contribution < -0.4 is 5.32 Å². The van der Waals surface area contributed by atoms with Crippen LogP contribution in [0.2, 0.25) is 0 Å². The Balaban J connectivity index is 0.00000144. The summed E-state index contributed by atoms with van der Waals surface area (Å²) in [6.45, 7) is 6.46. The lowest BCUT2D eigenvalue weighted by molar-refractivity contribution is -0.123. The first-order valence-electron chi connectivity index (χ1n) is 8.72. The normalized spacial score (nSPS) is 26.3. The molecule has 3 rings (SSSR count). The number of hydrogen-bond acceptors (Lipinski definition) is 5. The predicted octanol–water partition coefficient (Wildman–Crippen LogP) is 0.514. The topological polar surface area (TPSA) is 65.0 Å². The van der Waals surface area contributed by atoms with Crippen molar-refractivity contribution in [2.75, 3.05) is 52.4 Å². The molecule has 1 aliphatic carbocycles. The molecule has 0 aromatic heterocycles. The molecule has 142 valence electrons. The second kappa shape index (κ2) is 10.8. The highest BCUT2D eigenvalue weighted by Crippen LogP contribution is 2.32. The van der Waals surface area contributed by atoms with Crippen molar-refractivity contribution in [2.24, 2.45) is 5.92 Å². The van der Waals surface area contributed by atoms with E-state index in [4.69, 9.17) is 4.74 Å². The zero-order chi connectivity index (χ0) is 15.4. The molecule has 2 aliphatic heterocycles. The zero-order valence-corrected chi connectivity index (χ0v) is 15.8. The van der Waals surface area contributed by atoms with E-state index in [1.165, 1.54) is 12.8 Å². The standard InChI is InChI=1S/C16H29N3O3.2ClH/c20-15(13-3-4-13)11-18-5-7-19(8-6-18)12-16(21)17-10-14-2-1-9-22-14;;/h13-15,20H,1-12H2,(H,17,21);2*1H. The fourth-order valence-electron chi connectivity index (χ4n) is 3.32. The maximum Gasteiger partial charge on any atom is 0.234 e. The Morgan fingerprint density at radius 3 is 2.38 bits per heavy atom. The average Bonchev–Trinajstić information content (AvgIpc) is 3.24. The first-order valence-corrected chi connectivity index (χ1v) is 8.72. The fraction of sp³-hybridized carbons (Fsp3) is 0.938. The van der Waals surface area contributed by atoms with Crippen molar-refractivity contribution in [3.8, 4) is 0 Å². The molecule has 24 heavy (non-hydrogen) atoms. The van der Waals surface area contributed by atoms with Crippen LogP contribution in [-0.2, 0) is 9.53 Å². The van der Waals surface area contributed by atoms with Crippen molar-refractivity contribution < 1.29 is 14.6 Å². The van der Waals surface area contributed by atoms with Crippen LogP contribution in [0.1, 0.15) is 25.7 Å². The lowest BCUT2D eigenvalue weighted by atomic mass is 10.2. The van der Waals surface area contributed by atoms with Crippen LogP contribution in [0.4, 0.5) is 0 Å². The van der Waals surface area contributed by atoms with Crippen molar-refractivity contribution in [3.05, 3.63) is 0 Å². The first-order chi connectivity index (χ1) is 10.7. The number of piperazine rings is 1. The maximum atomic E-state index is 12.0. The smallest absolute Gasteiger partial charge is 0.234 e. The predicted molar refractivity (Wildman–Crippen MR) is 98.1 cm³/mol. The molecular formula is C16H31Cl2N3O3. The molecule has 0 bridgehead atoms. The summed E-state index contributed by atoms with van der Waals surface area (Å²) < 4.78 is 5.51. The molecule has 2 unspecified atom stereocenters. The van der Waals surface area contributed by atoms with Gasteiger partial charge in [0.1, 0.15) is 0 Å². The monoisotopic (exact) mass is 383 g/mol. The van der Waals surface area contributed by atoms with E-state index < -0.39 is 0 Å². The van der Waals surface area contributed by atoms with E-state index in [0.717, 1.165) is 52.2 Å². The molecule has 3 fully saturated rings. The van der Waals surface area contributed by atoms with Crippen molar-refractivity contribution in [1.82, 2.24) is 15.1 Å². The lowest BCUT2D eigenvalue weighted by Gasteiger charge is -2.35. The summed E-state index contributed by atoms with van der Waals surface area (Å²) in [5.74, 6) is 0.642. The van der Waals surface area contributed by atoms with Crippen LogP contribution in [0.15, 0.2) is 0 Å². The van der Waals surface area contributed by atoms with Crippen molar-refractivity contribution in [1.29, 1.82) is 0 Å². The molecule has 0 spiro atoms. The Labute approximate surface area is 157 Å². The molecule has 3 aliphatic rings. The number of hydrogen-bond donors (Lipinski definition) is 2. The largest absolute Gasteiger partial charge is 0.392 e. The highest BCUT2D eigenvalue weighted by molar-refractivity contribution is 5.85. The van der Waals surface area contributed by atoms with Crippen LogP contribution in [0.3, 0.4) is 0 Å². The number of nitrogens with zero attached hydrogens (tertiary/aromatic N) is 2. The summed E-state index contributed by atoms with van der Waals surface area (Å²) >= 11 is 0. The summed E-state index contributed by atoms with van der Waals surface area (Å²) in [6.07, 6.45) is 4.60. The summed E-state index contributed by atoms with van der Waals surface area (Å²) in [5.41, 5.74) is 0. The molecule has 2 saturated heterocycles. The summed E-state index contributed by atoms with van der Waals surface area (Å²) in [6, 6.07) is 0. The Kier molecular flexibility index (Phi) is 9.86. The molecule has 0 radical (unpaired) electrons. The molecule has 0 aromatic carbocycles. The van der Waals surface area contributed by atoms with Gasteiger partial charge in [0.15, 0.2) is 0 Å². The number of carbonyl (C=O) groups is 1. The minimum absolute atomic E-state index is 0. The number of nitrogens with one attached hydrogen (secondary N) is 1. The Bertz CT molecular complexity index is 372. The Morgan fingerprint density at radius 2 is 1.79 bits per heavy atom. The zero-order valence-electron chi connectivity index (χ0n) is 14.2. The summed E-state index contributed by atoms with van der Waals surface area (Å²) in [5, 5.41) is 13.0. The molecule has 2 heterocycles. The van der Waals surface area contributed by atoms with Gasteiger partial charge in [-0.05, 0) is 31.6 Å². The van der Waals surface area contributed by atoms with Gasteiger partial charge in [-0.15, -0.1) is 24.8 Å². The van der Waals surface area contributed by atoms with Gasteiger partial charge in [-0.25, -0.2) is 0 Å². The van der Waals surface area contributed by atoms with Gasteiger partial charge < -0.3 is 15.2 Å². The van der Waals surface area contributed by atoms with Crippen LogP contribution in [0.5, 0.6) is 0 Å². The SMILES string of the molecule is Cl.Cl.O=C(CN1CCN(CC(O)C2CC2)CC1)NCC1CCCO1. The minimum Gasteiger partial charge on any atom is -0.392 e. The number of aliphatic hydroxyl groups is 1. The molecular weight excluding hydrogens is 353 g/mol. The molecule has 1 saturated carbocycles. The average molecular weight is 384 g/mol. The Morgan fingerprint density at radius 1 is 1.12 bits per heavy atom. The number of β-amino-alcohol motifs (C(OH)–C–C–N with tert-alkyl or cyclic N) is 1. The van der Waals surface area contributed by atoms with E-state index in [-0.39, 0.29) is 42.9 Å². The minimum atomic E-state index is -0.152. The molecule has 8 heteroatoms. The van der Waals surface area contributed by atoms with Crippen LogP contribution >= 0.6 is 24.8 Å². The highest BCUT2D eigenvalue weighted by Gasteiger charge is 2.31. The van der Waals surface area contributed by atoms with Crippen LogP contribution in [0, 0.1) is 5.92 Å². The quantitative estimate of drug-likeness (QED) is 0.670. The second-order valence-corrected chi connectivity index (χ2v) is 6.92. The molecule has 2 atom stereocenters. The molecule has 6 nitrogen and oxygen atoms in total. The van der Waals surface area contributed by atoms with E-state index in [2.05, 4.69) is 15.1 Å². The van der Waals surface area contributed by atoms with E-state index in [0.29, 0.717) is 19.0 Å². The van der Waals surface area contributed by atoms with Gasteiger partial charge in [-0.2, -0.15) is 0 Å². The first kappa shape index (κ1) is 21.9. The van der Waals surface area contributed by atoms with Gasteiger partial charge in [-0.1, -0.05) is 0 Å². The summed E-state index contributed by atoms with van der Waals surface area (Å²) in [4.78, 5) is 16.5. The third-order valence-electron chi connectivity index (χ3n) is 4.99. The maximum absolute atomic E-state index is 12.0. The summed E-state index contributed by atoms with van der Waals surface area (Å²) in [7, 11) is 0. The molecule has 0 aromatic rings. The number of carbonyl (C=O) groups excluding carboxylic acids is 1. The fourth-order valence-corrected chi connectivity index (χ4v) is 3.32. The van der Waals surface area contributed by atoms with E-state index in [9.17, 15) is 9.90 Å². The highest BCUT2D eigenvalue weighted by atomic mass is 35.5. The van der Waals surface area contributed by atoms with Gasteiger partial charge in [0.05, 0.1) is 18.8 Å². The number of amides is 1. The van der Waals surface area contributed by atoms with Crippen molar-refractivity contribution in [3.63, 3.8) is 0 Å². The van der Waals surface area contributed by atoms with Gasteiger partial charge in [0.2, 0.25) is 5.91 Å². The van der Waals surface area contributed by atoms with E-state index in [1.807, 2.05) is 0 Å². The Hall–Kier alpha value is -0.110. The second-order valence-electron chi connectivity index (χ2n) is 6.92. The van der Waals surface area contributed by atoms with E-state index >= 15 is 0 Å². The van der Waals surface area contributed by atoms with Gasteiger partial charge >= 0.3 is 0 Å². The van der Waals surface area contributed by atoms with Crippen molar-refractivity contribution >= 4 is 30.7 Å². The van der Waals surface area contributed by atoms with Gasteiger partial charge in [0.25, 0.3) is 0 Å². The number of halogens is 2. The van der Waals surface area contributed by atoms with E-state index in [1.54, 1.807) is 0 Å². The molecule has 1 amide bonds. The molecule has 2 N–H and O–H groups in total. The van der Waals surface area contributed by atoms with Crippen molar-refractivity contribution in [2.45, 2.75) is 37.9 Å². The van der Waals surface area contributed by atoms with Gasteiger partial charge in [0, 0.05) is 45.9 Å². The number of rotatable bonds is 7. The van der Waals surface area contributed by atoms with Crippen LogP contribution in [0.25, 0.3) is 0 Å². The van der Waals surface area contributed by atoms with Gasteiger partial charge in [-0.3, -0.25) is 14.6 Å². The number of aliphatic hydroxyl groups excluding tert-OH is 1. The third-order valence-corrected chi connectivity index (χ3v) is 4.99. The number of ether oxygens (including phenoxy) is 1. The van der Waals surface area contributed by atoms with Crippen LogP contribution in [-0.4, -0.2) is 85.4 Å².